The molecule has 1 atom stereocenters. The Kier molecular flexibility index (Phi) is 5.25. The molecule has 12 heteroatoms. The molecule has 1 aromatic carbocycles. The third kappa shape index (κ3) is 3.62. The number of carbonyl (C=O) groups is 2. The van der Waals surface area contributed by atoms with Crippen molar-refractivity contribution in [1.82, 2.24) is 14.9 Å². The lowest BCUT2D eigenvalue weighted by Gasteiger charge is -2.11. The van der Waals surface area contributed by atoms with E-state index in [4.69, 9.17) is 19.6 Å². The zero-order valence-corrected chi connectivity index (χ0v) is 16.9. The highest BCUT2D eigenvalue weighted by Crippen LogP contribution is 2.37. The molecule has 1 saturated heterocycles. The van der Waals surface area contributed by atoms with E-state index in [1.807, 2.05) is 0 Å². The number of ether oxygens (including phenoxy) is 2. The third-order valence-electron chi connectivity index (χ3n) is 4.84. The molecule has 4 rings (SSSR count). The monoisotopic (exact) mass is 450 g/mol. The molecule has 1 fully saturated rings. The smallest absolute Gasteiger partial charge is 0.433 e. The number of nitrogens with two attached hydrogens (primary N) is 1. The standard InChI is InChI=1S/C20H17F3N4O5/c1-9(24)16-15(18(28)27-7-8-31-19(27)29)26-17(32-16)11-3-5-12(30-2)14-10(11)4-6-13(25-14)20(21,22)23/h3-6,9H,7-8,24H2,1-2H3/t9-/m0/s1. The van der Waals surface area contributed by atoms with E-state index in [0.717, 1.165) is 11.0 Å². The second kappa shape index (κ2) is 7.79. The van der Waals surface area contributed by atoms with Crippen molar-refractivity contribution in [3.63, 3.8) is 0 Å². The Labute approximate surface area is 178 Å². The van der Waals surface area contributed by atoms with E-state index in [9.17, 15) is 22.8 Å². The molecule has 32 heavy (non-hydrogen) atoms. The lowest BCUT2D eigenvalue weighted by molar-refractivity contribution is -0.140. The van der Waals surface area contributed by atoms with Crippen molar-refractivity contribution in [2.45, 2.75) is 19.1 Å². The average molecular weight is 450 g/mol. The van der Waals surface area contributed by atoms with Gasteiger partial charge >= 0.3 is 12.3 Å². The molecule has 2 N–H and O–H groups in total. The zero-order chi connectivity index (χ0) is 23.2. The molecule has 2 aromatic heterocycles. The van der Waals surface area contributed by atoms with E-state index < -0.39 is 29.9 Å². The van der Waals surface area contributed by atoms with Gasteiger partial charge in [-0.15, -0.1) is 0 Å². The summed E-state index contributed by atoms with van der Waals surface area (Å²) in [6.45, 7) is 1.67. The maximum atomic E-state index is 13.2. The highest BCUT2D eigenvalue weighted by Gasteiger charge is 2.35. The molecule has 3 aromatic rings. The first kappa shape index (κ1) is 21.6. The van der Waals surface area contributed by atoms with Crippen molar-refractivity contribution in [3.8, 4) is 17.2 Å². The van der Waals surface area contributed by atoms with Gasteiger partial charge in [-0.25, -0.2) is 19.7 Å². The number of rotatable bonds is 4. The van der Waals surface area contributed by atoms with Crippen LogP contribution < -0.4 is 10.5 Å². The van der Waals surface area contributed by atoms with Crippen molar-refractivity contribution in [2.75, 3.05) is 20.3 Å². The summed E-state index contributed by atoms with van der Waals surface area (Å²) in [5.41, 5.74) is 4.86. The molecule has 9 nitrogen and oxygen atoms in total. The van der Waals surface area contributed by atoms with Gasteiger partial charge in [-0.3, -0.25) is 4.79 Å². The summed E-state index contributed by atoms with van der Waals surface area (Å²) in [7, 11) is 1.31. The maximum Gasteiger partial charge on any atom is 0.433 e. The number of amides is 2. The van der Waals surface area contributed by atoms with E-state index in [2.05, 4.69) is 9.97 Å². The topological polar surface area (TPSA) is 121 Å². The fourth-order valence-electron chi connectivity index (χ4n) is 3.32. The van der Waals surface area contributed by atoms with Crippen LogP contribution in [0.3, 0.4) is 0 Å². The van der Waals surface area contributed by atoms with Crippen molar-refractivity contribution < 1.29 is 36.7 Å². The van der Waals surface area contributed by atoms with Gasteiger partial charge < -0.3 is 19.6 Å². The number of oxazole rings is 1. The molecule has 3 heterocycles. The fraction of sp³-hybridized carbons (Fsp3) is 0.300. The first-order valence-corrected chi connectivity index (χ1v) is 9.42. The number of hydrogen-bond acceptors (Lipinski definition) is 8. The Hall–Kier alpha value is -3.67. The molecule has 0 bridgehead atoms. The Morgan fingerprint density at radius 1 is 1.25 bits per heavy atom. The second-order valence-corrected chi connectivity index (χ2v) is 7.00. The predicted octanol–water partition coefficient (Wildman–Crippen LogP) is 3.53. The molecule has 1 aliphatic heterocycles. The van der Waals surface area contributed by atoms with Gasteiger partial charge in [0.15, 0.2) is 11.5 Å². The zero-order valence-electron chi connectivity index (χ0n) is 16.9. The Bertz CT molecular complexity index is 1220. The van der Waals surface area contributed by atoms with E-state index in [-0.39, 0.29) is 52.7 Å². The highest BCUT2D eigenvalue weighted by atomic mass is 19.4. The van der Waals surface area contributed by atoms with Gasteiger partial charge in [0.1, 0.15) is 23.6 Å². The van der Waals surface area contributed by atoms with Crippen molar-refractivity contribution in [2.24, 2.45) is 5.73 Å². The van der Waals surface area contributed by atoms with Crippen LogP contribution in [0.4, 0.5) is 18.0 Å². The summed E-state index contributed by atoms with van der Waals surface area (Å²) in [5, 5.41) is 0.259. The van der Waals surface area contributed by atoms with Crippen LogP contribution in [0, 0.1) is 0 Å². The average Bonchev–Trinajstić information content (AvgIpc) is 3.38. The van der Waals surface area contributed by atoms with Gasteiger partial charge in [0.25, 0.3) is 5.91 Å². The maximum absolute atomic E-state index is 13.2. The van der Waals surface area contributed by atoms with Crippen LogP contribution in [0.25, 0.3) is 22.4 Å². The summed E-state index contributed by atoms with van der Waals surface area (Å²) in [5.74, 6) is -0.675. The molecule has 168 valence electrons. The Balaban J connectivity index is 1.87. The normalized spacial score (nSPS) is 15.2. The van der Waals surface area contributed by atoms with Crippen molar-refractivity contribution in [3.05, 3.63) is 41.4 Å². The molecule has 0 saturated carbocycles. The lowest BCUT2D eigenvalue weighted by atomic mass is 10.1. The number of carbonyl (C=O) groups excluding carboxylic acids is 2. The van der Waals surface area contributed by atoms with Crippen molar-refractivity contribution >= 4 is 22.9 Å². The van der Waals surface area contributed by atoms with Crippen LogP contribution in [0.15, 0.2) is 28.7 Å². The molecule has 0 aliphatic carbocycles. The summed E-state index contributed by atoms with van der Waals surface area (Å²) in [6, 6.07) is 4.23. The van der Waals surface area contributed by atoms with Gasteiger partial charge in [-0.2, -0.15) is 13.2 Å². The molecule has 0 radical (unpaired) electrons. The molecule has 1 aliphatic rings. The number of fused-ring (bicyclic) bond motifs is 1. The summed E-state index contributed by atoms with van der Waals surface area (Å²) in [6.07, 6.45) is -5.46. The minimum Gasteiger partial charge on any atom is -0.494 e. The quantitative estimate of drug-likeness (QED) is 0.641. The number of benzene rings is 1. The summed E-state index contributed by atoms with van der Waals surface area (Å²) < 4.78 is 55.2. The highest BCUT2D eigenvalue weighted by molar-refractivity contribution is 6.04. The van der Waals surface area contributed by atoms with Gasteiger partial charge in [0.2, 0.25) is 5.89 Å². The van der Waals surface area contributed by atoms with Crippen LogP contribution in [0.1, 0.15) is 34.9 Å². The summed E-state index contributed by atoms with van der Waals surface area (Å²) in [4.78, 5) is 33.4. The first-order valence-electron chi connectivity index (χ1n) is 9.42. The second-order valence-electron chi connectivity index (χ2n) is 7.00. The molecule has 0 spiro atoms. The summed E-state index contributed by atoms with van der Waals surface area (Å²) >= 11 is 0. The number of halogens is 3. The van der Waals surface area contributed by atoms with Gasteiger partial charge in [-0.05, 0) is 31.2 Å². The van der Waals surface area contributed by atoms with E-state index >= 15 is 0 Å². The molecular formula is C20H17F3N4O5. The van der Waals surface area contributed by atoms with Crippen LogP contribution in [-0.2, 0) is 10.9 Å². The third-order valence-corrected chi connectivity index (χ3v) is 4.84. The number of alkyl halides is 3. The first-order chi connectivity index (χ1) is 15.1. The van der Waals surface area contributed by atoms with Gasteiger partial charge in [0, 0.05) is 10.9 Å². The van der Waals surface area contributed by atoms with E-state index in [0.29, 0.717) is 0 Å². The van der Waals surface area contributed by atoms with Crippen molar-refractivity contribution in [1.29, 1.82) is 0 Å². The minimum atomic E-state index is -4.65. The Morgan fingerprint density at radius 2 is 2.00 bits per heavy atom. The molecule has 2 amide bonds. The number of imide groups is 1. The Morgan fingerprint density at radius 3 is 2.59 bits per heavy atom. The minimum absolute atomic E-state index is 0.0218. The number of methoxy groups -OCH3 is 1. The number of pyridine rings is 1. The molecule has 0 unspecified atom stereocenters. The number of nitrogens with zero attached hydrogens (tertiary/aromatic N) is 3. The van der Waals surface area contributed by atoms with Crippen LogP contribution >= 0.6 is 0 Å². The number of cyclic esters (lactones) is 1. The number of hydrogen-bond donors (Lipinski definition) is 1. The fourth-order valence-corrected chi connectivity index (χ4v) is 3.32. The lowest BCUT2D eigenvalue weighted by Crippen LogP contribution is -2.33. The van der Waals surface area contributed by atoms with Crippen LogP contribution in [0.2, 0.25) is 0 Å². The van der Waals surface area contributed by atoms with E-state index in [1.54, 1.807) is 6.92 Å². The largest absolute Gasteiger partial charge is 0.494 e. The van der Waals surface area contributed by atoms with Gasteiger partial charge in [0.05, 0.1) is 19.7 Å². The SMILES string of the molecule is COc1ccc(-c2nc(C(=O)N3CCOC3=O)c([C@H](C)N)o2)c2ccc(C(F)(F)F)nc12. The molecular weight excluding hydrogens is 433 g/mol. The van der Waals surface area contributed by atoms with Crippen LogP contribution in [0.5, 0.6) is 5.75 Å². The van der Waals surface area contributed by atoms with E-state index in [1.165, 1.54) is 25.3 Å². The predicted molar refractivity (Wildman–Crippen MR) is 104 cm³/mol. The number of aromatic nitrogens is 2. The van der Waals surface area contributed by atoms with Crippen LogP contribution in [-0.4, -0.2) is 47.1 Å². The van der Waals surface area contributed by atoms with Gasteiger partial charge in [-0.1, -0.05) is 0 Å².